The monoisotopic (exact) mass is 378 g/mol. The second-order valence-corrected chi connectivity index (χ2v) is 9.20. The van der Waals surface area contributed by atoms with Gasteiger partial charge in [-0.05, 0) is 62.2 Å². The molecule has 0 spiro atoms. The first-order chi connectivity index (χ1) is 11.6. The van der Waals surface area contributed by atoms with E-state index in [4.69, 9.17) is 11.6 Å². The first-order valence-electron chi connectivity index (χ1n) is 7.81. The van der Waals surface area contributed by atoms with E-state index in [9.17, 15) is 13.2 Å². The van der Waals surface area contributed by atoms with Crippen molar-refractivity contribution in [1.29, 1.82) is 0 Å². The molecular formula is C18H19ClN2O3S. The molecule has 1 atom stereocenters. The van der Waals surface area contributed by atoms with Gasteiger partial charge < -0.3 is 5.32 Å². The van der Waals surface area contributed by atoms with E-state index in [2.05, 4.69) is 10.0 Å². The molecule has 1 aliphatic heterocycles. The van der Waals surface area contributed by atoms with E-state index in [1.165, 1.54) is 12.1 Å². The summed E-state index contributed by atoms with van der Waals surface area (Å²) in [6, 6.07) is 11.6. The van der Waals surface area contributed by atoms with Crippen molar-refractivity contribution in [2.24, 2.45) is 0 Å². The fraction of sp³-hybridized carbons (Fsp3) is 0.278. The first-order valence-corrected chi connectivity index (χ1v) is 9.67. The Kier molecular flexibility index (Phi) is 4.39. The highest BCUT2D eigenvalue weighted by atomic mass is 35.5. The van der Waals surface area contributed by atoms with Gasteiger partial charge in [0.2, 0.25) is 15.9 Å². The Labute approximate surface area is 152 Å². The average Bonchev–Trinajstić information content (AvgIpc) is 2.80. The highest BCUT2D eigenvalue weighted by molar-refractivity contribution is 7.89. The minimum absolute atomic E-state index is 0.152. The topological polar surface area (TPSA) is 75.3 Å². The number of hydrogen-bond acceptors (Lipinski definition) is 3. The molecule has 0 radical (unpaired) electrons. The van der Waals surface area contributed by atoms with Crippen LogP contribution in [0.1, 0.15) is 37.8 Å². The van der Waals surface area contributed by atoms with Gasteiger partial charge in [-0.2, -0.15) is 0 Å². The number of sulfonamides is 1. The quantitative estimate of drug-likeness (QED) is 0.858. The molecular weight excluding hydrogens is 360 g/mol. The van der Waals surface area contributed by atoms with Gasteiger partial charge in [0.15, 0.2) is 0 Å². The van der Waals surface area contributed by atoms with Crippen molar-refractivity contribution in [3.63, 3.8) is 0 Å². The van der Waals surface area contributed by atoms with E-state index in [0.29, 0.717) is 10.6 Å². The third kappa shape index (κ3) is 3.71. The van der Waals surface area contributed by atoms with Crippen LogP contribution in [0.25, 0.3) is 0 Å². The van der Waals surface area contributed by atoms with Gasteiger partial charge in [-0.3, -0.25) is 4.79 Å². The third-order valence-corrected chi connectivity index (χ3v) is 5.82. The molecule has 0 bridgehead atoms. The van der Waals surface area contributed by atoms with Gasteiger partial charge in [-0.15, -0.1) is 0 Å². The highest BCUT2D eigenvalue weighted by Crippen LogP contribution is 2.38. The second-order valence-electron chi connectivity index (χ2n) is 7.08. The molecule has 0 aliphatic carbocycles. The smallest absolute Gasteiger partial charge is 0.241 e. The maximum Gasteiger partial charge on any atom is 0.241 e. The number of halogens is 1. The molecule has 1 amide bonds. The summed E-state index contributed by atoms with van der Waals surface area (Å²) in [4.78, 5) is 12.5. The van der Waals surface area contributed by atoms with Crippen molar-refractivity contribution < 1.29 is 13.2 Å². The predicted octanol–water partition coefficient (Wildman–Crippen LogP) is 3.50. The molecule has 1 unspecified atom stereocenters. The Morgan fingerprint density at radius 1 is 1.08 bits per heavy atom. The lowest BCUT2D eigenvalue weighted by molar-refractivity contribution is -0.116. The summed E-state index contributed by atoms with van der Waals surface area (Å²) in [6.07, 6.45) is 0. The van der Waals surface area contributed by atoms with Crippen LogP contribution in [0.15, 0.2) is 47.4 Å². The minimum atomic E-state index is -3.61. The molecule has 2 aromatic rings. The summed E-state index contributed by atoms with van der Waals surface area (Å²) >= 11 is 6.04. The van der Waals surface area contributed by atoms with Crippen LogP contribution in [-0.2, 0) is 14.8 Å². The van der Waals surface area contributed by atoms with Crippen molar-refractivity contribution in [3.8, 4) is 0 Å². The predicted molar refractivity (Wildman–Crippen MR) is 98.4 cm³/mol. The van der Waals surface area contributed by atoms with E-state index in [1.54, 1.807) is 51.1 Å². The summed E-state index contributed by atoms with van der Waals surface area (Å²) in [5.74, 6) is -0.651. The van der Waals surface area contributed by atoms with E-state index < -0.39 is 21.5 Å². The zero-order valence-corrected chi connectivity index (χ0v) is 15.7. The van der Waals surface area contributed by atoms with Crippen LogP contribution in [0.5, 0.6) is 0 Å². The number of fused-ring (bicyclic) bond motifs is 1. The molecule has 0 fully saturated rings. The lowest BCUT2D eigenvalue weighted by atomic mass is 9.93. The second kappa shape index (κ2) is 6.12. The lowest BCUT2D eigenvalue weighted by Crippen LogP contribution is -2.40. The molecule has 7 heteroatoms. The Hall–Kier alpha value is -1.89. The van der Waals surface area contributed by atoms with Crippen molar-refractivity contribution in [2.75, 3.05) is 5.32 Å². The van der Waals surface area contributed by atoms with Crippen LogP contribution < -0.4 is 10.0 Å². The number of anilines is 1. The minimum Gasteiger partial charge on any atom is -0.325 e. The van der Waals surface area contributed by atoms with Gasteiger partial charge in [0, 0.05) is 16.2 Å². The maximum atomic E-state index is 12.4. The summed E-state index contributed by atoms with van der Waals surface area (Å²) < 4.78 is 27.4. The number of amides is 1. The number of carbonyl (C=O) groups is 1. The summed E-state index contributed by atoms with van der Waals surface area (Å²) in [5.41, 5.74) is 1.66. The average molecular weight is 379 g/mol. The number of benzene rings is 2. The largest absolute Gasteiger partial charge is 0.325 e. The van der Waals surface area contributed by atoms with Crippen molar-refractivity contribution in [3.05, 3.63) is 58.6 Å². The fourth-order valence-corrected chi connectivity index (χ4v) is 4.46. The SMILES string of the molecule is CC(C)(C)NS(=O)(=O)c1ccc(C2C(=O)Nc3ccc(Cl)cc32)cc1. The van der Waals surface area contributed by atoms with Crippen LogP contribution in [0, 0.1) is 0 Å². The Bertz CT molecular complexity index is 932. The molecule has 1 aliphatic rings. The van der Waals surface area contributed by atoms with Crippen LogP contribution in [0.2, 0.25) is 5.02 Å². The fourth-order valence-electron chi connectivity index (χ4n) is 2.86. The molecule has 0 aromatic heterocycles. The van der Waals surface area contributed by atoms with Gasteiger partial charge in [0.25, 0.3) is 0 Å². The number of carbonyl (C=O) groups excluding carboxylic acids is 1. The molecule has 2 N–H and O–H groups in total. The van der Waals surface area contributed by atoms with E-state index in [-0.39, 0.29) is 10.8 Å². The lowest BCUT2D eigenvalue weighted by Gasteiger charge is -2.20. The Morgan fingerprint density at radius 2 is 1.72 bits per heavy atom. The van der Waals surface area contributed by atoms with E-state index in [0.717, 1.165) is 11.3 Å². The van der Waals surface area contributed by atoms with Gasteiger partial charge in [-0.1, -0.05) is 23.7 Å². The van der Waals surface area contributed by atoms with Gasteiger partial charge >= 0.3 is 0 Å². The summed E-state index contributed by atoms with van der Waals surface area (Å²) in [5, 5.41) is 3.37. The van der Waals surface area contributed by atoms with Crippen LogP contribution in [0.3, 0.4) is 0 Å². The number of hydrogen-bond donors (Lipinski definition) is 2. The molecule has 3 rings (SSSR count). The summed E-state index contributed by atoms with van der Waals surface area (Å²) in [6.45, 7) is 5.34. The first kappa shape index (κ1) is 17.9. The normalized spacial score (nSPS) is 17.3. The van der Waals surface area contributed by atoms with Crippen molar-refractivity contribution >= 4 is 33.2 Å². The Morgan fingerprint density at radius 3 is 2.32 bits per heavy atom. The molecule has 2 aromatic carbocycles. The molecule has 0 saturated carbocycles. The van der Waals surface area contributed by atoms with Crippen LogP contribution in [-0.4, -0.2) is 19.9 Å². The molecule has 5 nitrogen and oxygen atoms in total. The van der Waals surface area contributed by atoms with Crippen molar-refractivity contribution in [2.45, 2.75) is 37.1 Å². The standard InChI is InChI=1S/C18H19ClN2O3S/c1-18(2,3)21-25(23,24)13-7-4-11(5-8-13)16-14-10-12(19)6-9-15(14)20-17(16)22/h4-10,16,21H,1-3H3,(H,20,22). The highest BCUT2D eigenvalue weighted by Gasteiger charge is 2.32. The molecule has 132 valence electrons. The van der Waals surface area contributed by atoms with Crippen LogP contribution in [0.4, 0.5) is 5.69 Å². The van der Waals surface area contributed by atoms with Gasteiger partial charge in [0.1, 0.15) is 0 Å². The number of rotatable bonds is 3. The molecule has 0 saturated heterocycles. The Balaban J connectivity index is 1.94. The zero-order valence-electron chi connectivity index (χ0n) is 14.1. The molecule has 1 heterocycles. The van der Waals surface area contributed by atoms with Crippen LogP contribution >= 0.6 is 11.6 Å². The van der Waals surface area contributed by atoms with Gasteiger partial charge in [0.05, 0.1) is 10.8 Å². The van der Waals surface area contributed by atoms with Crippen molar-refractivity contribution in [1.82, 2.24) is 4.72 Å². The van der Waals surface area contributed by atoms with E-state index in [1.807, 2.05) is 0 Å². The zero-order chi connectivity index (χ0) is 18.4. The van der Waals surface area contributed by atoms with Gasteiger partial charge in [-0.25, -0.2) is 13.1 Å². The third-order valence-electron chi connectivity index (χ3n) is 3.81. The molecule has 25 heavy (non-hydrogen) atoms. The number of nitrogens with one attached hydrogen (secondary N) is 2. The maximum absolute atomic E-state index is 12.4. The van der Waals surface area contributed by atoms with E-state index >= 15 is 0 Å². The summed E-state index contributed by atoms with van der Waals surface area (Å²) in [7, 11) is -3.61.